The molecule has 0 amide bonds. The molecule has 0 saturated heterocycles. The highest BCUT2D eigenvalue weighted by molar-refractivity contribution is 6.32. The minimum atomic E-state index is 0.451. The van der Waals surface area contributed by atoms with Crippen LogP contribution in [0.5, 0.6) is 5.75 Å². The zero-order valence-electron chi connectivity index (χ0n) is 11.0. The standard InChI is InChI=1S/C14H19Cl2NO/c1-10(2)17-8-12-4-5-14(13(16)6-12)18-9-11(3)7-15/h4-7,10,17H,8-9H2,1-3H3/b11-7+. The van der Waals surface area contributed by atoms with Crippen LogP contribution in [0.1, 0.15) is 26.3 Å². The molecule has 1 N–H and O–H groups in total. The largest absolute Gasteiger partial charge is 0.488 e. The first-order valence-corrected chi connectivity index (χ1v) is 6.75. The SMILES string of the molecule is C/C(=C\Cl)COc1ccc(CNC(C)C)cc1Cl. The van der Waals surface area contributed by atoms with Crippen LogP contribution in [0.4, 0.5) is 0 Å². The highest BCUT2D eigenvalue weighted by Crippen LogP contribution is 2.25. The van der Waals surface area contributed by atoms with Crippen LogP contribution in [-0.2, 0) is 6.54 Å². The van der Waals surface area contributed by atoms with Crippen molar-refractivity contribution in [1.82, 2.24) is 5.32 Å². The third kappa shape index (κ3) is 5.30. The van der Waals surface area contributed by atoms with Crippen LogP contribution < -0.4 is 10.1 Å². The quantitative estimate of drug-likeness (QED) is 0.839. The topological polar surface area (TPSA) is 21.3 Å². The second-order valence-electron chi connectivity index (χ2n) is 4.54. The summed E-state index contributed by atoms with van der Waals surface area (Å²) >= 11 is 11.7. The van der Waals surface area contributed by atoms with Gasteiger partial charge in [-0.05, 0) is 30.2 Å². The van der Waals surface area contributed by atoms with E-state index in [2.05, 4.69) is 19.2 Å². The van der Waals surface area contributed by atoms with Gasteiger partial charge in [0, 0.05) is 18.1 Å². The molecular weight excluding hydrogens is 269 g/mol. The summed E-state index contributed by atoms with van der Waals surface area (Å²) in [6, 6.07) is 6.28. The van der Waals surface area contributed by atoms with Crippen LogP contribution in [0, 0.1) is 0 Å². The van der Waals surface area contributed by atoms with Crippen molar-refractivity contribution in [2.24, 2.45) is 0 Å². The molecule has 0 heterocycles. The van der Waals surface area contributed by atoms with Crippen molar-refractivity contribution in [1.29, 1.82) is 0 Å². The Bertz CT molecular complexity index is 416. The number of rotatable bonds is 6. The highest BCUT2D eigenvalue weighted by Gasteiger charge is 2.04. The third-order valence-electron chi connectivity index (χ3n) is 2.35. The lowest BCUT2D eigenvalue weighted by atomic mass is 10.2. The van der Waals surface area contributed by atoms with Gasteiger partial charge in [-0.2, -0.15) is 0 Å². The first-order chi connectivity index (χ1) is 8.52. The number of nitrogens with one attached hydrogen (secondary N) is 1. The lowest BCUT2D eigenvalue weighted by Crippen LogP contribution is -2.21. The molecule has 0 unspecified atom stereocenters. The molecule has 18 heavy (non-hydrogen) atoms. The summed E-state index contributed by atoms with van der Waals surface area (Å²) in [5.41, 5.74) is 3.61. The van der Waals surface area contributed by atoms with E-state index in [1.54, 1.807) is 0 Å². The van der Waals surface area contributed by atoms with Gasteiger partial charge in [0.05, 0.1) is 5.02 Å². The highest BCUT2D eigenvalue weighted by atomic mass is 35.5. The van der Waals surface area contributed by atoms with Crippen molar-refractivity contribution in [3.63, 3.8) is 0 Å². The molecule has 0 atom stereocenters. The summed E-state index contributed by atoms with van der Waals surface area (Å²) in [7, 11) is 0. The Morgan fingerprint density at radius 2 is 2.17 bits per heavy atom. The van der Waals surface area contributed by atoms with E-state index >= 15 is 0 Å². The van der Waals surface area contributed by atoms with Gasteiger partial charge >= 0.3 is 0 Å². The Morgan fingerprint density at radius 3 is 2.72 bits per heavy atom. The molecule has 0 aliphatic rings. The molecule has 2 nitrogen and oxygen atoms in total. The third-order valence-corrected chi connectivity index (χ3v) is 3.02. The maximum absolute atomic E-state index is 6.17. The summed E-state index contributed by atoms with van der Waals surface area (Å²) in [4.78, 5) is 0. The normalized spacial score (nSPS) is 12.0. The lowest BCUT2D eigenvalue weighted by Gasteiger charge is -2.11. The molecule has 1 aromatic rings. The molecule has 0 aromatic heterocycles. The van der Waals surface area contributed by atoms with Gasteiger partial charge in [0.2, 0.25) is 0 Å². The Balaban J connectivity index is 2.62. The van der Waals surface area contributed by atoms with Gasteiger partial charge in [0.1, 0.15) is 12.4 Å². The first kappa shape index (κ1) is 15.4. The van der Waals surface area contributed by atoms with E-state index in [4.69, 9.17) is 27.9 Å². The van der Waals surface area contributed by atoms with Crippen molar-refractivity contribution in [3.05, 3.63) is 39.9 Å². The van der Waals surface area contributed by atoms with Gasteiger partial charge in [-0.1, -0.05) is 43.1 Å². The smallest absolute Gasteiger partial charge is 0.138 e. The van der Waals surface area contributed by atoms with Crippen LogP contribution in [0.2, 0.25) is 5.02 Å². The predicted molar refractivity (Wildman–Crippen MR) is 78.5 cm³/mol. The van der Waals surface area contributed by atoms with Gasteiger partial charge in [0.15, 0.2) is 0 Å². The van der Waals surface area contributed by atoms with E-state index in [-0.39, 0.29) is 0 Å². The molecule has 0 aliphatic carbocycles. The average molecular weight is 288 g/mol. The Labute approximate surface area is 119 Å². The first-order valence-electron chi connectivity index (χ1n) is 5.93. The van der Waals surface area contributed by atoms with Crippen molar-refractivity contribution in [2.75, 3.05) is 6.61 Å². The molecule has 100 valence electrons. The maximum Gasteiger partial charge on any atom is 0.138 e. The fraction of sp³-hybridized carbons (Fsp3) is 0.429. The summed E-state index contributed by atoms with van der Waals surface area (Å²) in [5.74, 6) is 0.683. The fourth-order valence-corrected chi connectivity index (χ4v) is 1.64. The summed E-state index contributed by atoms with van der Waals surface area (Å²) < 4.78 is 5.56. The van der Waals surface area contributed by atoms with Gasteiger partial charge in [-0.15, -0.1) is 0 Å². The Morgan fingerprint density at radius 1 is 1.44 bits per heavy atom. The number of benzene rings is 1. The second-order valence-corrected chi connectivity index (χ2v) is 5.17. The predicted octanol–water partition coefficient (Wildman–Crippen LogP) is 4.36. The van der Waals surface area contributed by atoms with Crippen LogP contribution in [-0.4, -0.2) is 12.6 Å². The average Bonchev–Trinajstić information content (AvgIpc) is 2.34. The van der Waals surface area contributed by atoms with E-state index in [0.717, 1.165) is 17.7 Å². The van der Waals surface area contributed by atoms with Crippen LogP contribution >= 0.6 is 23.2 Å². The minimum absolute atomic E-state index is 0.451. The molecule has 0 fully saturated rings. The molecular formula is C14H19Cl2NO. The molecule has 0 aliphatic heterocycles. The zero-order chi connectivity index (χ0) is 13.5. The summed E-state index contributed by atoms with van der Waals surface area (Å²) in [5, 5.41) is 3.97. The molecule has 0 saturated carbocycles. The fourth-order valence-electron chi connectivity index (χ4n) is 1.32. The van der Waals surface area contributed by atoms with Crippen LogP contribution in [0.25, 0.3) is 0 Å². The number of ether oxygens (including phenoxy) is 1. The Hall–Kier alpha value is -0.700. The van der Waals surface area contributed by atoms with Crippen molar-refractivity contribution in [3.8, 4) is 5.75 Å². The molecule has 4 heteroatoms. The van der Waals surface area contributed by atoms with Crippen LogP contribution in [0.15, 0.2) is 29.3 Å². The van der Waals surface area contributed by atoms with Gasteiger partial charge in [-0.3, -0.25) is 0 Å². The number of hydrogen-bond acceptors (Lipinski definition) is 2. The maximum atomic E-state index is 6.17. The molecule has 0 bridgehead atoms. The number of halogens is 2. The number of hydrogen-bond donors (Lipinski definition) is 1. The molecule has 1 aromatic carbocycles. The van der Waals surface area contributed by atoms with E-state index in [1.807, 2.05) is 25.1 Å². The molecule has 1 rings (SSSR count). The lowest BCUT2D eigenvalue weighted by molar-refractivity contribution is 0.352. The van der Waals surface area contributed by atoms with Crippen LogP contribution in [0.3, 0.4) is 0 Å². The summed E-state index contributed by atoms with van der Waals surface area (Å²) in [6.07, 6.45) is 0. The minimum Gasteiger partial charge on any atom is -0.488 e. The van der Waals surface area contributed by atoms with E-state index < -0.39 is 0 Å². The summed E-state index contributed by atoms with van der Waals surface area (Å²) in [6.45, 7) is 7.38. The van der Waals surface area contributed by atoms with E-state index in [9.17, 15) is 0 Å². The van der Waals surface area contributed by atoms with Gasteiger partial charge < -0.3 is 10.1 Å². The van der Waals surface area contributed by atoms with Gasteiger partial charge in [0.25, 0.3) is 0 Å². The van der Waals surface area contributed by atoms with E-state index in [0.29, 0.717) is 23.4 Å². The van der Waals surface area contributed by atoms with Crippen molar-refractivity contribution in [2.45, 2.75) is 33.4 Å². The van der Waals surface area contributed by atoms with Crippen molar-refractivity contribution >= 4 is 23.2 Å². The monoisotopic (exact) mass is 287 g/mol. The molecule has 0 radical (unpaired) electrons. The second kappa shape index (κ2) is 7.67. The van der Waals surface area contributed by atoms with Crippen molar-refractivity contribution < 1.29 is 4.74 Å². The van der Waals surface area contributed by atoms with Gasteiger partial charge in [-0.25, -0.2) is 0 Å². The van der Waals surface area contributed by atoms with E-state index in [1.165, 1.54) is 5.54 Å². The Kier molecular flexibility index (Phi) is 6.55. The molecule has 0 spiro atoms. The zero-order valence-corrected chi connectivity index (χ0v) is 12.5.